The third-order valence-corrected chi connectivity index (χ3v) is 6.59. The van der Waals surface area contributed by atoms with Crippen molar-refractivity contribution in [1.29, 1.82) is 0 Å². The number of fused-ring (bicyclic) bond motifs is 1. The summed E-state index contributed by atoms with van der Waals surface area (Å²) in [4.78, 5) is 20.3. The Morgan fingerprint density at radius 2 is 1.76 bits per heavy atom. The van der Waals surface area contributed by atoms with Crippen molar-refractivity contribution in [3.8, 4) is 5.75 Å². The third-order valence-electron chi connectivity index (χ3n) is 6.59. The van der Waals surface area contributed by atoms with Gasteiger partial charge in [0.05, 0.1) is 18.1 Å². The molecule has 0 radical (unpaired) electrons. The summed E-state index contributed by atoms with van der Waals surface area (Å²) in [5.74, 6) is 3.15. The minimum Gasteiger partial charge on any atom is -0.497 e. The lowest BCUT2D eigenvalue weighted by Crippen LogP contribution is -2.34. The van der Waals surface area contributed by atoms with Crippen LogP contribution in [-0.2, 0) is 13.5 Å². The van der Waals surface area contributed by atoms with Crippen LogP contribution in [0.25, 0.3) is 11.0 Å². The van der Waals surface area contributed by atoms with Gasteiger partial charge in [0.1, 0.15) is 11.6 Å². The number of imidazole rings is 1. The van der Waals surface area contributed by atoms with E-state index in [9.17, 15) is 4.79 Å². The van der Waals surface area contributed by atoms with Crippen LogP contribution in [0, 0.1) is 11.8 Å². The second kappa shape index (κ2) is 11.4. The normalized spacial score (nSPS) is 12.3. The Labute approximate surface area is 198 Å². The molecule has 178 valence electrons. The molecule has 0 bridgehead atoms. The molecular weight excluding hydrogens is 410 g/mol. The molecule has 0 spiro atoms. The highest BCUT2D eigenvalue weighted by atomic mass is 16.5. The van der Waals surface area contributed by atoms with Gasteiger partial charge in [0, 0.05) is 32.1 Å². The van der Waals surface area contributed by atoms with Crippen LogP contribution in [-0.4, -0.2) is 40.6 Å². The van der Waals surface area contributed by atoms with Crippen LogP contribution in [0.2, 0.25) is 0 Å². The molecule has 3 aromatic rings. The zero-order valence-corrected chi connectivity index (χ0v) is 21.1. The quantitative estimate of drug-likeness (QED) is 0.355. The van der Waals surface area contributed by atoms with Gasteiger partial charge in [0.15, 0.2) is 0 Å². The maximum atomic E-state index is 13.5. The second-order valence-electron chi connectivity index (χ2n) is 9.59. The Hall–Kier alpha value is -2.82. The molecule has 0 fully saturated rings. The number of aryl methyl sites for hydroxylation is 1. The molecule has 0 aliphatic carbocycles. The highest BCUT2D eigenvalue weighted by Crippen LogP contribution is 2.22. The molecule has 0 saturated carbocycles. The summed E-state index contributed by atoms with van der Waals surface area (Å²) in [5, 5.41) is 0. The minimum atomic E-state index is 0.124. The summed E-state index contributed by atoms with van der Waals surface area (Å²) in [7, 11) is 3.70. The number of benzene rings is 2. The van der Waals surface area contributed by atoms with Crippen molar-refractivity contribution in [1.82, 2.24) is 14.5 Å². The third kappa shape index (κ3) is 6.37. The molecular formula is C28H39N3O2. The predicted molar refractivity (Wildman–Crippen MR) is 136 cm³/mol. The molecule has 2 aromatic carbocycles. The minimum absolute atomic E-state index is 0.124. The van der Waals surface area contributed by atoms with Gasteiger partial charge in [0.25, 0.3) is 5.91 Å². The van der Waals surface area contributed by atoms with Crippen molar-refractivity contribution in [3.63, 3.8) is 0 Å². The summed E-state index contributed by atoms with van der Waals surface area (Å²) in [6, 6.07) is 14.0. The molecule has 5 nitrogen and oxygen atoms in total. The van der Waals surface area contributed by atoms with Crippen LogP contribution in [0.4, 0.5) is 0 Å². The van der Waals surface area contributed by atoms with Crippen LogP contribution in [0.3, 0.4) is 0 Å². The van der Waals surface area contributed by atoms with Gasteiger partial charge in [-0.25, -0.2) is 4.98 Å². The SMILES string of the molecule is CCC(C)CCN(CCC(C)C)C(=O)c1ccc2nc(Cc3ccc(OC)cc3)n(C)c2c1. The lowest BCUT2D eigenvalue weighted by atomic mass is 10.0. The molecule has 1 amide bonds. The first-order valence-electron chi connectivity index (χ1n) is 12.2. The van der Waals surface area contributed by atoms with E-state index in [2.05, 4.69) is 44.4 Å². The Balaban J connectivity index is 1.82. The predicted octanol–water partition coefficient (Wildman–Crippen LogP) is 6.10. The van der Waals surface area contributed by atoms with Gasteiger partial charge in [0.2, 0.25) is 0 Å². The van der Waals surface area contributed by atoms with Gasteiger partial charge >= 0.3 is 0 Å². The average molecular weight is 450 g/mol. The van der Waals surface area contributed by atoms with Gasteiger partial charge in [-0.3, -0.25) is 4.79 Å². The van der Waals surface area contributed by atoms with Crippen LogP contribution in [0.1, 0.15) is 68.7 Å². The van der Waals surface area contributed by atoms with E-state index in [4.69, 9.17) is 9.72 Å². The number of ether oxygens (including phenoxy) is 1. The monoisotopic (exact) mass is 449 g/mol. The Morgan fingerprint density at radius 1 is 1.06 bits per heavy atom. The standard InChI is InChI=1S/C28H39N3O2/c1-7-21(4)15-17-31(16-14-20(2)3)28(32)23-10-13-25-26(19-23)30(5)27(29-25)18-22-8-11-24(33-6)12-9-22/h8-13,19-21H,7,14-18H2,1-6H3. The molecule has 1 heterocycles. The number of carbonyl (C=O) groups excluding carboxylic acids is 1. The zero-order chi connectivity index (χ0) is 24.0. The van der Waals surface area contributed by atoms with Crippen LogP contribution in [0.15, 0.2) is 42.5 Å². The van der Waals surface area contributed by atoms with Crippen molar-refractivity contribution < 1.29 is 9.53 Å². The van der Waals surface area contributed by atoms with Crippen LogP contribution in [0.5, 0.6) is 5.75 Å². The van der Waals surface area contributed by atoms with Crippen molar-refractivity contribution in [3.05, 3.63) is 59.4 Å². The average Bonchev–Trinajstić information content (AvgIpc) is 3.13. The summed E-state index contributed by atoms with van der Waals surface area (Å²) in [6.45, 7) is 10.5. The number of aromatic nitrogens is 2. The van der Waals surface area contributed by atoms with Gasteiger partial charge in [-0.15, -0.1) is 0 Å². The zero-order valence-electron chi connectivity index (χ0n) is 21.1. The molecule has 0 aliphatic rings. The number of rotatable bonds is 11. The Morgan fingerprint density at radius 3 is 2.39 bits per heavy atom. The molecule has 0 aliphatic heterocycles. The van der Waals surface area contributed by atoms with Crippen LogP contribution < -0.4 is 4.74 Å². The molecule has 0 saturated heterocycles. The summed E-state index contributed by atoms with van der Waals surface area (Å²) < 4.78 is 7.36. The maximum absolute atomic E-state index is 13.5. The first kappa shape index (κ1) is 24.8. The summed E-state index contributed by atoms with van der Waals surface area (Å²) >= 11 is 0. The largest absolute Gasteiger partial charge is 0.497 e. The lowest BCUT2D eigenvalue weighted by Gasteiger charge is -2.25. The first-order chi connectivity index (χ1) is 15.8. The Bertz CT molecular complexity index is 1050. The second-order valence-corrected chi connectivity index (χ2v) is 9.59. The number of methoxy groups -OCH3 is 1. The number of nitrogens with zero attached hydrogens (tertiary/aromatic N) is 3. The fourth-order valence-electron chi connectivity index (χ4n) is 3.95. The van der Waals surface area contributed by atoms with E-state index >= 15 is 0 Å². The molecule has 5 heteroatoms. The number of amides is 1. The lowest BCUT2D eigenvalue weighted by molar-refractivity contribution is 0.0739. The number of carbonyl (C=O) groups is 1. The molecule has 3 rings (SSSR count). The summed E-state index contributed by atoms with van der Waals surface area (Å²) in [5.41, 5.74) is 3.84. The van der Waals surface area contributed by atoms with E-state index < -0.39 is 0 Å². The van der Waals surface area contributed by atoms with E-state index in [0.717, 1.165) is 66.9 Å². The highest BCUT2D eigenvalue weighted by Gasteiger charge is 2.19. The van der Waals surface area contributed by atoms with E-state index in [1.165, 1.54) is 5.56 Å². The molecule has 33 heavy (non-hydrogen) atoms. The molecule has 1 atom stereocenters. The highest BCUT2D eigenvalue weighted by molar-refractivity contribution is 5.97. The molecule has 1 aromatic heterocycles. The van der Waals surface area contributed by atoms with Gasteiger partial charge in [-0.05, 0) is 60.6 Å². The number of hydrogen-bond donors (Lipinski definition) is 0. The van der Waals surface area contributed by atoms with Crippen LogP contribution >= 0.6 is 0 Å². The van der Waals surface area contributed by atoms with E-state index in [1.54, 1.807) is 7.11 Å². The molecule has 1 unspecified atom stereocenters. The Kier molecular flexibility index (Phi) is 8.54. The fourth-order valence-corrected chi connectivity index (χ4v) is 3.95. The van der Waals surface area contributed by atoms with E-state index in [0.29, 0.717) is 11.8 Å². The summed E-state index contributed by atoms with van der Waals surface area (Å²) in [6.07, 6.45) is 3.94. The van der Waals surface area contributed by atoms with Crippen molar-refractivity contribution in [2.75, 3.05) is 20.2 Å². The first-order valence-corrected chi connectivity index (χ1v) is 12.2. The smallest absolute Gasteiger partial charge is 0.253 e. The van der Waals surface area contributed by atoms with Gasteiger partial charge in [-0.1, -0.05) is 46.2 Å². The van der Waals surface area contributed by atoms with E-state index in [-0.39, 0.29) is 5.91 Å². The van der Waals surface area contributed by atoms with Crippen molar-refractivity contribution in [2.24, 2.45) is 18.9 Å². The van der Waals surface area contributed by atoms with Crippen molar-refractivity contribution in [2.45, 2.75) is 53.4 Å². The van der Waals surface area contributed by atoms with Crippen molar-refractivity contribution >= 4 is 16.9 Å². The van der Waals surface area contributed by atoms with E-state index in [1.807, 2.05) is 42.3 Å². The maximum Gasteiger partial charge on any atom is 0.253 e. The topological polar surface area (TPSA) is 47.4 Å². The number of hydrogen-bond acceptors (Lipinski definition) is 3. The molecule has 0 N–H and O–H groups in total. The van der Waals surface area contributed by atoms with Gasteiger partial charge in [-0.2, -0.15) is 0 Å². The fraction of sp³-hybridized carbons (Fsp3) is 0.500. The van der Waals surface area contributed by atoms with Gasteiger partial charge < -0.3 is 14.2 Å².